The predicted molar refractivity (Wildman–Crippen MR) is 117 cm³/mol. The van der Waals surface area contributed by atoms with Crippen LogP contribution < -0.4 is 5.56 Å². The predicted octanol–water partition coefficient (Wildman–Crippen LogP) is 3.42. The lowest BCUT2D eigenvalue weighted by molar-refractivity contribution is -0.150. The first kappa shape index (κ1) is 20.9. The number of hydrogen-bond donors (Lipinski definition) is 0. The van der Waals surface area contributed by atoms with Crippen LogP contribution in [0.15, 0.2) is 41.2 Å². The number of carbonyl (C=O) groups excluding carboxylic acids is 2. The molecule has 0 atom stereocenters. The highest BCUT2D eigenvalue weighted by Gasteiger charge is 2.28. The summed E-state index contributed by atoms with van der Waals surface area (Å²) in [7, 11) is 1.84. The molecule has 0 radical (unpaired) electrons. The molecule has 7 nitrogen and oxygen atoms in total. The molecular weight excluding hydrogens is 394 g/mol. The minimum Gasteiger partial charge on any atom is -0.457 e. The molecule has 1 aliphatic carbocycles. The summed E-state index contributed by atoms with van der Waals surface area (Å²) in [6.45, 7) is 5.29. The first-order chi connectivity index (χ1) is 14.8. The molecule has 1 fully saturated rings. The number of aromatic nitrogens is 3. The molecule has 0 saturated heterocycles. The number of ether oxygens (including phenoxy) is 1. The number of ketones is 1. The molecular formula is C24H27N3O4. The second kappa shape index (κ2) is 8.06. The highest BCUT2D eigenvalue weighted by atomic mass is 16.5. The van der Waals surface area contributed by atoms with Crippen molar-refractivity contribution < 1.29 is 14.3 Å². The van der Waals surface area contributed by atoms with Gasteiger partial charge in [0, 0.05) is 24.0 Å². The van der Waals surface area contributed by atoms with Crippen LogP contribution in [-0.4, -0.2) is 32.3 Å². The van der Waals surface area contributed by atoms with E-state index in [2.05, 4.69) is 0 Å². The normalized spacial score (nSPS) is 13.8. The molecule has 0 unspecified atom stereocenters. The van der Waals surface area contributed by atoms with Gasteiger partial charge >= 0.3 is 5.97 Å². The SMILES string of the molecule is Cc1cc(C(=O)COC(=O)C2CCC2)c(C)n1-c1c(C)n(C)n(-c2ccccc2)c1=O. The van der Waals surface area contributed by atoms with Gasteiger partial charge in [-0.3, -0.25) is 19.1 Å². The van der Waals surface area contributed by atoms with Crippen LogP contribution in [0.4, 0.5) is 0 Å². The van der Waals surface area contributed by atoms with Gasteiger partial charge in [0.05, 0.1) is 17.3 Å². The fraction of sp³-hybridized carbons (Fsp3) is 0.375. The third-order valence-corrected chi connectivity index (χ3v) is 6.26. The molecule has 3 aromatic rings. The van der Waals surface area contributed by atoms with Gasteiger partial charge in [-0.05, 0) is 51.8 Å². The maximum atomic E-state index is 13.4. The van der Waals surface area contributed by atoms with E-state index in [0.29, 0.717) is 16.9 Å². The first-order valence-corrected chi connectivity index (χ1v) is 10.5. The minimum absolute atomic E-state index is 0.0661. The maximum absolute atomic E-state index is 13.4. The number of esters is 1. The number of hydrogen-bond acceptors (Lipinski definition) is 4. The van der Waals surface area contributed by atoms with Crippen molar-refractivity contribution in [2.75, 3.05) is 6.61 Å². The van der Waals surface area contributed by atoms with E-state index >= 15 is 0 Å². The van der Waals surface area contributed by atoms with Crippen LogP contribution in [0, 0.1) is 26.7 Å². The summed E-state index contributed by atoms with van der Waals surface area (Å²) < 4.78 is 10.5. The van der Waals surface area contributed by atoms with Crippen molar-refractivity contribution in [2.24, 2.45) is 13.0 Å². The summed E-state index contributed by atoms with van der Waals surface area (Å²) in [4.78, 5) is 38.1. The second-order valence-electron chi connectivity index (χ2n) is 8.19. The standard InChI is InChI=1S/C24H27N3O4/c1-15-13-20(21(28)14-31-24(30)18-9-8-10-18)16(2)26(15)22-17(3)25(4)27(23(22)29)19-11-6-5-7-12-19/h5-7,11-13,18H,8-10,14H2,1-4H3. The third kappa shape index (κ3) is 3.54. The van der Waals surface area contributed by atoms with Gasteiger partial charge in [-0.1, -0.05) is 24.6 Å². The van der Waals surface area contributed by atoms with Crippen LogP contribution >= 0.6 is 0 Å². The van der Waals surface area contributed by atoms with Gasteiger partial charge in [0.15, 0.2) is 6.61 Å². The Balaban J connectivity index is 1.69. The average molecular weight is 421 g/mol. The van der Waals surface area contributed by atoms with Crippen LogP contribution in [0.3, 0.4) is 0 Å². The van der Waals surface area contributed by atoms with Gasteiger partial charge in [0.2, 0.25) is 5.78 Å². The lowest BCUT2D eigenvalue weighted by atomic mass is 9.86. The fourth-order valence-corrected chi connectivity index (χ4v) is 4.18. The Labute approximate surface area is 180 Å². The van der Waals surface area contributed by atoms with Gasteiger partial charge < -0.3 is 9.30 Å². The van der Waals surface area contributed by atoms with E-state index in [1.165, 1.54) is 0 Å². The van der Waals surface area contributed by atoms with E-state index in [0.717, 1.165) is 36.3 Å². The average Bonchev–Trinajstić information content (AvgIpc) is 3.11. The zero-order chi connectivity index (χ0) is 22.3. The van der Waals surface area contributed by atoms with Crippen molar-refractivity contribution in [3.63, 3.8) is 0 Å². The molecule has 0 amide bonds. The van der Waals surface area contributed by atoms with Crippen molar-refractivity contribution in [3.05, 3.63) is 69.4 Å². The summed E-state index contributed by atoms with van der Waals surface area (Å²) >= 11 is 0. The zero-order valence-electron chi connectivity index (χ0n) is 18.3. The number of aryl methyl sites for hydroxylation is 1. The van der Waals surface area contributed by atoms with Gasteiger partial charge in [-0.25, -0.2) is 4.68 Å². The molecule has 7 heteroatoms. The van der Waals surface area contributed by atoms with Crippen LogP contribution in [0.2, 0.25) is 0 Å². The quantitative estimate of drug-likeness (QED) is 0.452. The fourth-order valence-electron chi connectivity index (χ4n) is 4.18. The van der Waals surface area contributed by atoms with Crippen LogP contribution in [-0.2, 0) is 16.6 Å². The molecule has 1 aliphatic rings. The monoisotopic (exact) mass is 421 g/mol. The molecule has 31 heavy (non-hydrogen) atoms. The van der Waals surface area contributed by atoms with Crippen molar-refractivity contribution in [1.82, 2.24) is 13.9 Å². The van der Waals surface area contributed by atoms with Gasteiger partial charge in [0.25, 0.3) is 5.56 Å². The Morgan fingerprint density at radius 2 is 1.74 bits per heavy atom. The van der Waals surface area contributed by atoms with E-state index in [1.54, 1.807) is 10.7 Å². The Kier molecular flexibility index (Phi) is 5.43. The van der Waals surface area contributed by atoms with E-state index in [9.17, 15) is 14.4 Å². The van der Waals surface area contributed by atoms with Crippen molar-refractivity contribution in [1.29, 1.82) is 0 Å². The summed E-state index contributed by atoms with van der Waals surface area (Å²) in [5.74, 6) is -0.620. The molecule has 1 saturated carbocycles. The molecule has 1 aromatic carbocycles. The molecule has 0 N–H and O–H groups in total. The smallest absolute Gasteiger partial charge is 0.309 e. The second-order valence-corrected chi connectivity index (χ2v) is 8.19. The molecule has 4 rings (SSSR count). The molecule has 0 spiro atoms. The zero-order valence-corrected chi connectivity index (χ0v) is 18.3. The molecule has 2 aromatic heterocycles. The number of Topliss-reactive ketones (excluding diaryl/α,β-unsaturated/α-hetero) is 1. The molecule has 2 heterocycles. The largest absolute Gasteiger partial charge is 0.457 e. The van der Waals surface area contributed by atoms with Crippen LogP contribution in [0.1, 0.15) is 46.7 Å². The van der Waals surface area contributed by atoms with Crippen LogP contribution in [0.5, 0.6) is 0 Å². The Morgan fingerprint density at radius 3 is 2.35 bits per heavy atom. The van der Waals surface area contributed by atoms with Gasteiger partial charge in [-0.15, -0.1) is 0 Å². The summed E-state index contributed by atoms with van der Waals surface area (Å²) in [6, 6.07) is 11.2. The highest BCUT2D eigenvalue weighted by Crippen LogP contribution is 2.28. The Bertz CT molecular complexity index is 1210. The number of rotatable bonds is 6. The molecule has 0 aliphatic heterocycles. The van der Waals surface area contributed by atoms with Crippen molar-refractivity contribution >= 4 is 11.8 Å². The van der Waals surface area contributed by atoms with E-state index in [1.807, 2.05) is 67.4 Å². The van der Waals surface area contributed by atoms with Crippen LogP contribution in [0.25, 0.3) is 11.4 Å². The maximum Gasteiger partial charge on any atom is 0.309 e. The Morgan fingerprint density at radius 1 is 1.06 bits per heavy atom. The van der Waals surface area contributed by atoms with Gasteiger partial charge in [0.1, 0.15) is 5.69 Å². The lowest BCUT2D eigenvalue weighted by Gasteiger charge is -2.22. The summed E-state index contributed by atoms with van der Waals surface area (Å²) in [6.07, 6.45) is 2.71. The van der Waals surface area contributed by atoms with Crippen molar-refractivity contribution in [2.45, 2.75) is 40.0 Å². The van der Waals surface area contributed by atoms with E-state index in [4.69, 9.17) is 4.74 Å². The van der Waals surface area contributed by atoms with E-state index < -0.39 is 0 Å². The third-order valence-electron chi connectivity index (χ3n) is 6.26. The Hall–Kier alpha value is -3.35. The first-order valence-electron chi connectivity index (χ1n) is 10.5. The van der Waals surface area contributed by atoms with E-state index in [-0.39, 0.29) is 29.8 Å². The highest BCUT2D eigenvalue weighted by molar-refractivity contribution is 5.99. The number of para-hydroxylation sites is 1. The number of nitrogens with zero attached hydrogens (tertiary/aromatic N) is 3. The van der Waals surface area contributed by atoms with Crippen molar-refractivity contribution in [3.8, 4) is 11.4 Å². The topological polar surface area (TPSA) is 75.2 Å². The molecule has 0 bridgehead atoms. The molecule has 162 valence electrons. The summed E-state index contributed by atoms with van der Waals surface area (Å²) in [5.41, 5.74) is 3.80. The van der Waals surface area contributed by atoms with Gasteiger partial charge in [-0.2, -0.15) is 0 Å². The number of benzene rings is 1. The number of carbonyl (C=O) groups is 2. The summed E-state index contributed by atoms with van der Waals surface area (Å²) in [5, 5.41) is 0. The minimum atomic E-state index is -0.293. The lowest BCUT2D eigenvalue weighted by Crippen LogP contribution is -2.26.